The van der Waals surface area contributed by atoms with Crippen molar-refractivity contribution in [2.24, 2.45) is 0 Å². The Morgan fingerprint density at radius 3 is 2.48 bits per heavy atom. The van der Waals surface area contributed by atoms with E-state index in [1.54, 1.807) is 15.6 Å². The summed E-state index contributed by atoms with van der Waals surface area (Å²) >= 11 is 0. The van der Waals surface area contributed by atoms with Gasteiger partial charge < -0.3 is 20.1 Å². The van der Waals surface area contributed by atoms with Gasteiger partial charge in [0, 0.05) is 12.7 Å². The van der Waals surface area contributed by atoms with Gasteiger partial charge in [0.2, 0.25) is 0 Å². The molecule has 1 aliphatic heterocycles. The van der Waals surface area contributed by atoms with E-state index < -0.39 is 23.2 Å². The van der Waals surface area contributed by atoms with Crippen molar-refractivity contribution in [3.8, 4) is 0 Å². The molecule has 0 radical (unpaired) electrons. The number of nitrogens with zero attached hydrogens (tertiary/aromatic N) is 4. The smallest absolute Gasteiger partial charge is 0.410 e. The predicted octanol–water partition coefficient (Wildman–Crippen LogP) is 2.15. The molecular formula is C21H25N5O5. The molecule has 2 amide bonds. The van der Waals surface area contributed by atoms with E-state index in [0.29, 0.717) is 42.9 Å². The van der Waals surface area contributed by atoms with E-state index in [1.165, 1.54) is 18.5 Å². The molecule has 2 aromatic heterocycles. The topological polar surface area (TPSA) is 127 Å². The Kier molecular flexibility index (Phi) is 4.95. The van der Waals surface area contributed by atoms with Gasteiger partial charge in [0.05, 0.1) is 47.3 Å². The Bertz CT molecular complexity index is 1030. The maximum Gasteiger partial charge on any atom is 0.410 e. The van der Waals surface area contributed by atoms with E-state index >= 15 is 0 Å². The Hall–Kier alpha value is -3.43. The Morgan fingerprint density at radius 2 is 1.90 bits per heavy atom. The van der Waals surface area contributed by atoms with Crippen LogP contribution in [0.15, 0.2) is 24.5 Å². The van der Waals surface area contributed by atoms with E-state index in [0.717, 1.165) is 0 Å². The van der Waals surface area contributed by atoms with E-state index in [-0.39, 0.29) is 18.0 Å². The second kappa shape index (κ2) is 7.36. The van der Waals surface area contributed by atoms with Gasteiger partial charge in [-0.15, -0.1) is 0 Å². The highest BCUT2D eigenvalue weighted by Crippen LogP contribution is 2.44. The van der Waals surface area contributed by atoms with E-state index in [1.807, 2.05) is 20.8 Å². The molecule has 2 N–H and O–H groups in total. The lowest BCUT2D eigenvalue weighted by Gasteiger charge is -2.30. The monoisotopic (exact) mass is 427 g/mol. The molecule has 2 aliphatic rings. The SMILES string of the molecule is CC(C)(C)OC(=O)N1CCn2ncc(C(=O)NC3(c4ccc(C(=O)O)cn4)CC3)c2C1. The number of carboxylic acids is 1. The van der Waals surface area contributed by atoms with Crippen LogP contribution in [0.2, 0.25) is 0 Å². The Morgan fingerprint density at radius 1 is 1.16 bits per heavy atom. The van der Waals surface area contributed by atoms with Crippen molar-refractivity contribution in [2.75, 3.05) is 6.54 Å². The van der Waals surface area contributed by atoms with Crippen molar-refractivity contribution in [2.45, 2.75) is 57.8 Å². The lowest BCUT2D eigenvalue weighted by Crippen LogP contribution is -2.42. The predicted molar refractivity (Wildman–Crippen MR) is 108 cm³/mol. The third-order valence-electron chi connectivity index (χ3n) is 5.37. The summed E-state index contributed by atoms with van der Waals surface area (Å²) in [6.45, 7) is 6.59. The van der Waals surface area contributed by atoms with Crippen LogP contribution in [0, 0.1) is 0 Å². The molecule has 0 bridgehead atoms. The number of ether oxygens (including phenoxy) is 1. The molecule has 31 heavy (non-hydrogen) atoms. The zero-order valence-corrected chi connectivity index (χ0v) is 17.7. The zero-order chi connectivity index (χ0) is 22.4. The number of carbonyl (C=O) groups is 3. The molecule has 0 atom stereocenters. The van der Waals surface area contributed by atoms with Crippen LogP contribution in [0.4, 0.5) is 4.79 Å². The highest BCUT2D eigenvalue weighted by Gasteiger charge is 2.47. The minimum atomic E-state index is -1.05. The Labute approximate surface area is 179 Å². The van der Waals surface area contributed by atoms with Gasteiger partial charge >= 0.3 is 12.1 Å². The van der Waals surface area contributed by atoms with E-state index in [9.17, 15) is 14.4 Å². The van der Waals surface area contributed by atoms with Crippen LogP contribution in [0.1, 0.15) is 65.7 Å². The molecule has 2 aromatic rings. The first kappa shape index (κ1) is 20.8. The van der Waals surface area contributed by atoms with Crippen molar-refractivity contribution in [1.29, 1.82) is 0 Å². The van der Waals surface area contributed by atoms with Crippen molar-refractivity contribution >= 4 is 18.0 Å². The van der Waals surface area contributed by atoms with Gasteiger partial charge in [-0.3, -0.25) is 14.5 Å². The number of hydrogen-bond donors (Lipinski definition) is 2. The molecule has 10 nitrogen and oxygen atoms in total. The van der Waals surface area contributed by atoms with Crippen molar-refractivity contribution in [3.63, 3.8) is 0 Å². The lowest BCUT2D eigenvalue weighted by molar-refractivity contribution is 0.0193. The maximum atomic E-state index is 13.1. The number of rotatable bonds is 4. The number of fused-ring (bicyclic) bond motifs is 1. The molecule has 4 rings (SSSR count). The molecule has 164 valence electrons. The molecule has 1 fully saturated rings. The highest BCUT2D eigenvalue weighted by molar-refractivity contribution is 5.96. The average molecular weight is 427 g/mol. The normalized spacial score (nSPS) is 16.9. The van der Waals surface area contributed by atoms with Crippen molar-refractivity contribution in [3.05, 3.63) is 47.0 Å². The van der Waals surface area contributed by atoms with Crippen molar-refractivity contribution < 1.29 is 24.2 Å². The third-order valence-corrected chi connectivity index (χ3v) is 5.37. The minimum absolute atomic E-state index is 0.0961. The molecule has 0 unspecified atom stereocenters. The van der Waals surface area contributed by atoms with Gasteiger partial charge in [-0.25, -0.2) is 9.59 Å². The first-order chi connectivity index (χ1) is 14.6. The fourth-order valence-electron chi connectivity index (χ4n) is 3.58. The number of pyridine rings is 1. The van der Waals surface area contributed by atoms with Gasteiger partial charge in [0.25, 0.3) is 5.91 Å². The van der Waals surface area contributed by atoms with Crippen LogP contribution in [0.25, 0.3) is 0 Å². The molecule has 0 aromatic carbocycles. The number of amides is 2. The first-order valence-corrected chi connectivity index (χ1v) is 10.1. The van der Waals surface area contributed by atoms with Gasteiger partial charge in [-0.1, -0.05) is 0 Å². The summed E-state index contributed by atoms with van der Waals surface area (Å²) in [4.78, 5) is 42.4. The molecule has 0 saturated heterocycles. The number of hydrogen-bond acceptors (Lipinski definition) is 6. The summed E-state index contributed by atoms with van der Waals surface area (Å²) in [5.41, 5.74) is 0.571. The summed E-state index contributed by atoms with van der Waals surface area (Å²) in [5, 5.41) is 16.4. The summed E-state index contributed by atoms with van der Waals surface area (Å²) in [5.74, 6) is -1.34. The molecule has 0 spiro atoms. The number of aromatic nitrogens is 3. The summed E-state index contributed by atoms with van der Waals surface area (Å²) < 4.78 is 7.18. The lowest BCUT2D eigenvalue weighted by atomic mass is 10.1. The average Bonchev–Trinajstić information content (AvgIpc) is 3.35. The zero-order valence-electron chi connectivity index (χ0n) is 17.7. The first-order valence-electron chi connectivity index (χ1n) is 10.1. The highest BCUT2D eigenvalue weighted by atomic mass is 16.6. The van der Waals surface area contributed by atoms with Crippen molar-refractivity contribution in [1.82, 2.24) is 25.0 Å². The van der Waals surface area contributed by atoms with Crippen LogP contribution >= 0.6 is 0 Å². The van der Waals surface area contributed by atoms with Crippen LogP contribution in [0.5, 0.6) is 0 Å². The van der Waals surface area contributed by atoms with Gasteiger partial charge in [0.1, 0.15) is 5.60 Å². The quantitative estimate of drug-likeness (QED) is 0.765. The van der Waals surface area contributed by atoms with Crippen LogP contribution < -0.4 is 5.32 Å². The van der Waals surface area contributed by atoms with Crippen LogP contribution in [-0.2, 0) is 23.4 Å². The summed E-state index contributed by atoms with van der Waals surface area (Å²) in [6, 6.07) is 3.12. The van der Waals surface area contributed by atoms with Crippen LogP contribution in [-0.4, -0.2) is 54.9 Å². The fourth-order valence-corrected chi connectivity index (χ4v) is 3.58. The second-order valence-corrected chi connectivity index (χ2v) is 8.90. The largest absolute Gasteiger partial charge is 0.478 e. The second-order valence-electron chi connectivity index (χ2n) is 8.90. The molecule has 1 aliphatic carbocycles. The third kappa shape index (κ3) is 4.23. The number of nitrogens with one attached hydrogen (secondary N) is 1. The fraction of sp³-hybridized carbons (Fsp3) is 0.476. The molecule has 1 saturated carbocycles. The van der Waals surface area contributed by atoms with Gasteiger partial charge in [-0.05, 0) is 45.7 Å². The van der Waals surface area contributed by atoms with Gasteiger partial charge in [0.15, 0.2) is 0 Å². The Balaban J connectivity index is 1.49. The number of carbonyl (C=O) groups excluding carboxylic acids is 2. The summed E-state index contributed by atoms with van der Waals surface area (Å²) in [7, 11) is 0. The molecular weight excluding hydrogens is 402 g/mol. The summed E-state index contributed by atoms with van der Waals surface area (Å²) in [6.07, 6.45) is 3.81. The molecule has 10 heteroatoms. The van der Waals surface area contributed by atoms with Gasteiger partial charge in [-0.2, -0.15) is 5.10 Å². The van der Waals surface area contributed by atoms with E-state index in [2.05, 4.69) is 15.4 Å². The van der Waals surface area contributed by atoms with E-state index in [4.69, 9.17) is 9.84 Å². The van der Waals surface area contributed by atoms with Crippen LogP contribution in [0.3, 0.4) is 0 Å². The number of aromatic carboxylic acids is 1. The minimum Gasteiger partial charge on any atom is -0.478 e. The maximum absolute atomic E-state index is 13.1. The molecule has 3 heterocycles. The number of carboxylic acid groups (broad SMARTS) is 1. The standard InChI is InChI=1S/C21H25N5O5/c1-20(2,3)31-19(30)25-8-9-26-15(12-25)14(11-23-26)17(27)24-21(6-7-21)16-5-4-13(10-22-16)18(28)29/h4-5,10-11H,6-9,12H2,1-3H3,(H,24,27)(H,28,29).